The molecule has 1 aromatic carbocycles. The Morgan fingerprint density at radius 2 is 2.05 bits per heavy atom. The zero-order valence-corrected chi connectivity index (χ0v) is 11.9. The Kier molecular flexibility index (Phi) is 5.40. The number of hydrogen-bond acceptors (Lipinski definition) is 4. The van der Waals surface area contributed by atoms with Gasteiger partial charge in [-0.15, -0.1) is 0 Å². The minimum absolute atomic E-state index is 0.166. The lowest BCUT2D eigenvalue weighted by Gasteiger charge is -2.28. The molecule has 0 aromatic heterocycles. The van der Waals surface area contributed by atoms with E-state index in [1.165, 1.54) is 0 Å². The van der Waals surface area contributed by atoms with Crippen LogP contribution < -0.4 is 10.5 Å². The van der Waals surface area contributed by atoms with Crippen LogP contribution in [0.4, 0.5) is 0 Å². The van der Waals surface area contributed by atoms with E-state index in [0.29, 0.717) is 19.6 Å². The van der Waals surface area contributed by atoms with Crippen molar-refractivity contribution in [2.24, 2.45) is 11.7 Å². The second-order valence-electron chi connectivity index (χ2n) is 5.65. The largest absolute Gasteiger partial charge is 0.494 e. The number of aliphatic hydroxyl groups is 2. The van der Waals surface area contributed by atoms with Gasteiger partial charge in [-0.2, -0.15) is 0 Å². The monoisotopic (exact) mass is 279 g/mol. The van der Waals surface area contributed by atoms with Crippen molar-refractivity contribution < 1.29 is 14.9 Å². The van der Waals surface area contributed by atoms with Gasteiger partial charge in [-0.25, -0.2) is 0 Å². The van der Waals surface area contributed by atoms with Crippen LogP contribution in [0.1, 0.15) is 31.2 Å². The molecule has 1 fully saturated rings. The lowest BCUT2D eigenvalue weighted by Crippen LogP contribution is -2.41. The summed E-state index contributed by atoms with van der Waals surface area (Å²) in [6.07, 6.45) is 4.41. The third-order valence-electron chi connectivity index (χ3n) is 4.33. The molecular weight excluding hydrogens is 254 g/mol. The fourth-order valence-corrected chi connectivity index (χ4v) is 3.01. The van der Waals surface area contributed by atoms with Gasteiger partial charge in [0.25, 0.3) is 0 Å². The van der Waals surface area contributed by atoms with Crippen molar-refractivity contribution in [3.8, 4) is 5.75 Å². The molecule has 0 bridgehead atoms. The average Bonchev–Trinajstić information content (AvgIpc) is 2.83. The highest BCUT2D eigenvalue weighted by Gasteiger charge is 2.39. The fourth-order valence-electron chi connectivity index (χ4n) is 3.01. The third kappa shape index (κ3) is 3.72. The molecule has 1 aliphatic rings. The van der Waals surface area contributed by atoms with Crippen molar-refractivity contribution in [2.75, 3.05) is 19.8 Å². The minimum Gasteiger partial charge on any atom is -0.494 e. The van der Waals surface area contributed by atoms with Gasteiger partial charge >= 0.3 is 0 Å². The van der Waals surface area contributed by atoms with E-state index in [1.54, 1.807) is 0 Å². The van der Waals surface area contributed by atoms with Crippen molar-refractivity contribution in [3.63, 3.8) is 0 Å². The van der Waals surface area contributed by atoms with Gasteiger partial charge in [-0.3, -0.25) is 0 Å². The summed E-state index contributed by atoms with van der Waals surface area (Å²) in [6, 6.07) is 7.79. The van der Waals surface area contributed by atoms with Gasteiger partial charge in [-0.1, -0.05) is 18.6 Å². The van der Waals surface area contributed by atoms with E-state index in [-0.39, 0.29) is 12.5 Å². The quantitative estimate of drug-likeness (QED) is 0.706. The van der Waals surface area contributed by atoms with Crippen LogP contribution in [0.5, 0.6) is 5.75 Å². The lowest BCUT2D eigenvalue weighted by molar-refractivity contribution is 0.00355. The predicted octanol–water partition coefficient (Wildman–Crippen LogP) is 1.48. The van der Waals surface area contributed by atoms with E-state index >= 15 is 0 Å². The summed E-state index contributed by atoms with van der Waals surface area (Å²) in [6.45, 7) is 1.11. The zero-order chi connectivity index (χ0) is 14.4. The number of rotatable bonds is 7. The van der Waals surface area contributed by atoms with Crippen LogP contribution in [-0.4, -0.2) is 35.6 Å². The van der Waals surface area contributed by atoms with Crippen molar-refractivity contribution in [1.82, 2.24) is 0 Å². The number of benzene rings is 1. The fraction of sp³-hybridized carbons (Fsp3) is 0.625. The normalized spacial score (nSPS) is 25.9. The van der Waals surface area contributed by atoms with E-state index in [4.69, 9.17) is 15.6 Å². The number of nitrogens with two attached hydrogens (primary N) is 1. The van der Waals surface area contributed by atoms with Gasteiger partial charge < -0.3 is 20.7 Å². The van der Waals surface area contributed by atoms with Crippen LogP contribution in [0, 0.1) is 5.92 Å². The Labute approximate surface area is 120 Å². The first-order chi connectivity index (χ1) is 9.68. The molecule has 2 atom stereocenters. The highest BCUT2D eigenvalue weighted by atomic mass is 16.5. The molecule has 4 heteroatoms. The molecule has 0 saturated heterocycles. The topological polar surface area (TPSA) is 75.7 Å². The summed E-state index contributed by atoms with van der Waals surface area (Å²) in [4.78, 5) is 0. The van der Waals surface area contributed by atoms with Crippen molar-refractivity contribution in [2.45, 2.75) is 37.7 Å². The van der Waals surface area contributed by atoms with Gasteiger partial charge in [0.2, 0.25) is 0 Å². The molecule has 2 unspecified atom stereocenters. The molecule has 4 nitrogen and oxygen atoms in total. The molecule has 4 N–H and O–H groups in total. The molecule has 0 amide bonds. The van der Waals surface area contributed by atoms with E-state index in [9.17, 15) is 5.11 Å². The highest BCUT2D eigenvalue weighted by molar-refractivity contribution is 5.27. The van der Waals surface area contributed by atoms with Gasteiger partial charge in [-0.05, 0) is 49.3 Å². The number of hydrogen-bond donors (Lipinski definition) is 3. The molecule has 0 heterocycles. The Balaban J connectivity index is 1.78. The molecule has 1 aromatic rings. The summed E-state index contributed by atoms with van der Waals surface area (Å²) < 4.78 is 5.72. The van der Waals surface area contributed by atoms with Crippen molar-refractivity contribution in [1.29, 1.82) is 0 Å². The summed E-state index contributed by atoms with van der Waals surface area (Å²) in [5.41, 5.74) is 6.09. The maximum Gasteiger partial charge on any atom is 0.119 e. The third-order valence-corrected chi connectivity index (χ3v) is 4.33. The SMILES string of the molecule is NCC1(O)CCCC1CCOc1ccc(CCO)cc1. The zero-order valence-electron chi connectivity index (χ0n) is 11.9. The first kappa shape index (κ1) is 15.3. The highest BCUT2D eigenvalue weighted by Crippen LogP contribution is 2.37. The first-order valence-electron chi connectivity index (χ1n) is 7.43. The Bertz CT molecular complexity index is 407. The minimum atomic E-state index is -0.686. The summed E-state index contributed by atoms with van der Waals surface area (Å²) in [5, 5.41) is 19.2. The van der Waals surface area contributed by atoms with Crippen LogP contribution in [-0.2, 0) is 6.42 Å². The van der Waals surface area contributed by atoms with Crippen LogP contribution in [0.15, 0.2) is 24.3 Å². The van der Waals surface area contributed by atoms with Gasteiger partial charge in [0.05, 0.1) is 12.2 Å². The van der Waals surface area contributed by atoms with Crippen LogP contribution in [0.25, 0.3) is 0 Å². The maximum absolute atomic E-state index is 10.3. The molecular formula is C16H25NO3. The Morgan fingerprint density at radius 1 is 1.30 bits per heavy atom. The van der Waals surface area contributed by atoms with Crippen molar-refractivity contribution >= 4 is 0 Å². The van der Waals surface area contributed by atoms with Crippen LogP contribution in [0.2, 0.25) is 0 Å². The number of ether oxygens (including phenoxy) is 1. The van der Waals surface area contributed by atoms with Gasteiger partial charge in [0, 0.05) is 13.2 Å². The second-order valence-corrected chi connectivity index (χ2v) is 5.65. The first-order valence-corrected chi connectivity index (χ1v) is 7.43. The molecule has 2 rings (SSSR count). The smallest absolute Gasteiger partial charge is 0.119 e. The van der Waals surface area contributed by atoms with E-state index in [0.717, 1.165) is 37.0 Å². The standard InChI is InChI=1S/C16H25NO3/c17-12-16(19)9-1-2-14(16)8-11-20-15-5-3-13(4-6-15)7-10-18/h3-6,14,18-19H,1-2,7-12,17H2. The lowest BCUT2D eigenvalue weighted by atomic mass is 9.88. The summed E-state index contributed by atoms with van der Waals surface area (Å²) in [5.74, 6) is 1.09. The van der Waals surface area contributed by atoms with E-state index in [1.807, 2.05) is 24.3 Å². The molecule has 20 heavy (non-hydrogen) atoms. The van der Waals surface area contributed by atoms with E-state index < -0.39 is 5.60 Å². The van der Waals surface area contributed by atoms with Gasteiger partial charge in [0.1, 0.15) is 5.75 Å². The molecule has 0 radical (unpaired) electrons. The van der Waals surface area contributed by atoms with Crippen LogP contribution in [0.3, 0.4) is 0 Å². The van der Waals surface area contributed by atoms with Gasteiger partial charge in [0.15, 0.2) is 0 Å². The molecule has 1 aliphatic carbocycles. The molecule has 0 spiro atoms. The Hall–Kier alpha value is -1.10. The summed E-state index contributed by atoms with van der Waals surface area (Å²) in [7, 11) is 0. The second kappa shape index (κ2) is 7.07. The molecule has 0 aliphatic heterocycles. The summed E-state index contributed by atoms with van der Waals surface area (Å²) >= 11 is 0. The average molecular weight is 279 g/mol. The van der Waals surface area contributed by atoms with Crippen molar-refractivity contribution in [3.05, 3.63) is 29.8 Å². The Morgan fingerprint density at radius 3 is 2.70 bits per heavy atom. The van der Waals surface area contributed by atoms with E-state index in [2.05, 4.69) is 0 Å². The maximum atomic E-state index is 10.3. The molecule has 112 valence electrons. The molecule has 1 saturated carbocycles. The number of aliphatic hydroxyl groups excluding tert-OH is 1. The predicted molar refractivity (Wildman–Crippen MR) is 78.7 cm³/mol. The van der Waals surface area contributed by atoms with Crippen LogP contribution >= 0.6 is 0 Å².